The van der Waals surface area contributed by atoms with E-state index in [1.54, 1.807) is 7.11 Å². The minimum absolute atomic E-state index is 0.734. The molecule has 4 heteroatoms. The zero-order chi connectivity index (χ0) is 14.8. The van der Waals surface area contributed by atoms with Gasteiger partial charge in [0.15, 0.2) is 0 Å². The molecule has 4 nitrogen and oxygen atoms in total. The van der Waals surface area contributed by atoms with Crippen molar-refractivity contribution < 1.29 is 9.47 Å². The summed E-state index contributed by atoms with van der Waals surface area (Å²) in [4.78, 5) is 2.48. The number of piperidine rings is 1. The van der Waals surface area contributed by atoms with Crippen LogP contribution in [0.5, 0.6) is 0 Å². The second-order valence-electron chi connectivity index (χ2n) is 5.48. The highest BCUT2D eigenvalue weighted by Gasteiger charge is 2.10. The summed E-state index contributed by atoms with van der Waals surface area (Å²) in [7, 11) is 1.72. The number of ether oxygens (including phenoxy) is 2. The van der Waals surface area contributed by atoms with Gasteiger partial charge < -0.3 is 19.7 Å². The van der Waals surface area contributed by atoms with E-state index in [1.807, 2.05) is 0 Å². The average Bonchev–Trinajstić information content (AvgIpc) is 2.55. The number of hydrogen-bond acceptors (Lipinski definition) is 4. The van der Waals surface area contributed by atoms with Gasteiger partial charge in [0, 0.05) is 51.3 Å². The first-order valence-corrected chi connectivity index (χ1v) is 8.06. The zero-order valence-electron chi connectivity index (χ0n) is 13.1. The second-order valence-corrected chi connectivity index (χ2v) is 5.48. The monoisotopic (exact) mass is 292 g/mol. The lowest BCUT2D eigenvalue weighted by Gasteiger charge is -2.28. The fourth-order valence-corrected chi connectivity index (χ4v) is 2.62. The van der Waals surface area contributed by atoms with Crippen molar-refractivity contribution in [3.63, 3.8) is 0 Å². The molecule has 0 atom stereocenters. The molecule has 1 aliphatic rings. The molecule has 118 valence electrons. The quantitative estimate of drug-likeness (QED) is 0.709. The van der Waals surface area contributed by atoms with Gasteiger partial charge in [0.2, 0.25) is 0 Å². The van der Waals surface area contributed by atoms with Crippen molar-refractivity contribution in [2.45, 2.75) is 25.7 Å². The third-order valence-corrected chi connectivity index (χ3v) is 3.80. The van der Waals surface area contributed by atoms with Gasteiger partial charge in [0.05, 0.1) is 6.61 Å². The average molecular weight is 292 g/mol. The molecule has 2 rings (SSSR count). The highest BCUT2D eigenvalue weighted by Crippen LogP contribution is 2.21. The van der Waals surface area contributed by atoms with Crippen molar-refractivity contribution in [3.8, 4) is 0 Å². The van der Waals surface area contributed by atoms with Gasteiger partial charge in [0.1, 0.15) is 0 Å². The largest absolute Gasteiger partial charge is 0.385 e. The Labute approximate surface area is 128 Å². The molecular formula is C17H28N2O2. The van der Waals surface area contributed by atoms with Crippen molar-refractivity contribution >= 4 is 11.4 Å². The molecule has 1 aliphatic heterocycles. The van der Waals surface area contributed by atoms with Crippen LogP contribution in [0, 0.1) is 0 Å². The highest BCUT2D eigenvalue weighted by atomic mass is 16.5. The number of anilines is 2. The molecule has 0 spiro atoms. The molecule has 0 amide bonds. The molecule has 0 bridgehead atoms. The lowest BCUT2D eigenvalue weighted by Crippen LogP contribution is -2.29. The van der Waals surface area contributed by atoms with Gasteiger partial charge in [-0.1, -0.05) is 0 Å². The Balaban J connectivity index is 1.63. The molecule has 1 aromatic carbocycles. The van der Waals surface area contributed by atoms with Crippen LogP contribution in [-0.4, -0.2) is 46.6 Å². The minimum atomic E-state index is 0.734. The number of nitrogens with zero attached hydrogens (tertiary/aromatic N) is 1. The van der Waals surface area contributed by atoms with E-state index in [0.29, 0.717) is 0 Å². The second kappa shape index (κ2) is 9.64. The maximum atomic E-state index is 5.53. The molecule has 0 aromatic heterocycles. The van der Waals surface area contributed by atoms with Crippen LogP contribution in [-0.2, 0) is 9.47 Å². The topological polar surface area (TPSA) is 33.7 Å². The summed E-state index contributed by atoms with van der Waals surface area (Å²) in [6.07, 6.45) is 4.97. The summed E-state index contributed by atoms with van der Waals surface area (Å²) in [5, 5.41) is 3.39. The smallest absolute Gasteiger partial charge is 0.0639 e. The molecule has 21 heavy (non-hydrogen) atoms. The zero-order valence-corrected chi connectivity index (χ0v) is 13.1. The van der Waals surface area contributed by atoms with Crippen molar-refractivity contribution in [1.29, 1.82) is 0 Å². The fraction of sp³-hybridized carbons (Fsp3) is 0.647. The van der Waals surface area contributed by atoms with Crippen LogP contribution in [0.3, 0.4) is 0 Å². The van der Waals surface area contributed by atoms with Crippen LogP contribution in [0.25, 0.3) is 0 Å². The number of nitrogens with one attached hydrogen (secondary N) is 1. The predicted molar refractivity (Wildman–Crippen MR) is 88.3 cm³/mol. The predicted octanol–water partition coefficient (Wildman–Crippen LogP) is 3.14. The first-order valence-electron chi connectivity index (χ1n) is 8.06. The molecule has 0 saturated carbocycles. The van der Waals surface area contributed by atoms with Crippen LogP contribution in [0.15, 0.2) is 24.3 Å². The third kappa shape index (κ3) is 5.94. The van der Waals surface area contributed by atoms with Crippen molar-refractivity contribution in [2.75, 3.05) is 56.8 Å². The van der Waals surface area contributed by atoms with Crippen LogP contribution >= 0.6 is 0 Å². The van der Waals surface area contributed by atoms with E-state index in [0.717, 1.165) is 38.5 Å². The van der Waals surface area contributed by atoms with Gasteiger partial charge in [-0.15, -0.1) is 0 Å². The van der Waals surface area contributed by atoms with Crippen LogP contribution in [0.2, 0.25) is 0 Å². The first kappa shape index (κ1) is 16.1. The summed E-state index contributed by atoms with van der Waals surface area (Å²) in [5.74, 6) is 0. The van der Waals surface area contributed by atoms with E-state index in [1.165, 1.54) is 38.0 Å². The summed E-state index contributed by atoms with van der Waals surface area (Å²) >= 11 is 0. The number of rotatable bonds is 9. The van der Waals surface area contributed by atoms with Gasteiger partial charge in [-0.05, 0) is 49.9 Å². The number of methoxy groups -OCH3 is 1. The standard InChI is InChI=1S/C17H28N2O2/c1-20-13-5-14-21-15-10-18-16-6-8-17(9-7-16)19-11-3-2-4-12-19/h6-9,18H,2-5,10-15H2,1H3. The van der Waals surface area contributed by atoms with E-state index >= 15 is 0 Å². The number of hydrogen-bond donors (Lipinski definition) is 1. The molecule has 1 saturated heterocycles. The van der Waals surface area contributed by atoms with Crippen LogP contribution in [0.1, 0.15) is 25.7 Å². The van der Waals surface area contributed by atoms with E-state index in [2.05, 4.69) is 34.5 Å². The van der Waals surface area contributed by atoms with E-state index in [4.69, 9.17) is 9.47 Å². The van der Waals surface area contributed by atoms with Gasteiger partial charge in [-0.25, -0.2) is 0 Å². The molecule has 0 unspecified atom stereocenters. The SMILES string of the molecule is COCCCOCCNc1ccc(N2CCCCC2)cc1. The summed E-state index contributed by atoms with van der Waals surface area (Å²) in [6.45, 7) is 5.51. The Kier molecular flexibility index (Phi) is 7.39. The Morgan fingerprint density at radius 3 is 2.48 bits per heavy atom. The Morgan fingerprint density at radius 1 is 1.00 bits per heavy atom. The van der Waals surface area contributed by atoms with Gasteiger partial charge >= 0.3 is 0 Å². The maximum Gasteiger partial charge on any atom is 0.0639 e. The van der Waals surface area contributed by atoms with E-state index < -0.39 is 0 Å². The van der Waals surface area contributed by atoms with Gasteiger partial charge in [-0.2, -0.15) is 0 Å². The first-order chi connectivity index (χ1) is 10.4. The molecule has 1 heterocycles. The van der Waals surface area contributed by atoms with Crippen LogP contribution in [0.4, 0.5) is 11.4 Å². The lowest BCUT2D eigenvalue weighted by molar-refractivity contribution is 0.109. The molecule has 0 radical (unpaired) electrons. The van der Waals surface area contributed by atoms with Gasteiger partial charge in [-0.3, -0.25) is 0 Å². The van der Waals surface area contributed by atoms with Crippen molar-refractivity contribution in [1.82, 2.24) is 0 Å². The molecule has 1 fully saturated rings. The maximum absolute atomic E-state index is 5.53. The van der Waals surface area contributed by atoms with Crippen LogP contribution < -0.4 is 10.2 Å². The minimum Gasteiger partial charge on any atom is -0.385 e. The van der Waals surface area contributed by atoms with Gasteiger partial charge in [0.25, 0.3) is 0 Å². The molecule has 1 aromatic rings. The molecular weight excluding hydrogens is 264 g/mol. The molecule has 0 aliphatic carbocycles. The molecule has 1 N–H and O–H groups in total. The van der Waals surface area contributed by atoms with Crippen molar-refractivity contribution in [2.24, 2.45) is 0 Å². The number of benzene rings is 1. The normalized spacial score (nSPS) is 15.2. The summed E-state index contributed by atoms with van der Waals surface area (Å²) in [6, 6.07) is 8.75. The Morgan fingerprint density at radius 2 is 1.76 bits per heavy atom. The Bertz CT molecular complexity index is 375. The Hall–Kier alpha value is -1.26. The highest BCUT2D eigenvalue weighted by molar-refractivity contribution is 5.55. The third-order valence-electron chi connectivity index (χ3n) is 3.80. The lowest BCUT2D eigenvalue weighted by atomic mass is 10.1. The fourth-order valence-electron chi connectivity index (χ4n) is 2.62. The summed E-state index contributed by atoms with van der Waals surface area (Å²) in [5.41, 5.74) is 2.51. The van der Waals surface area contributed by atoms with E-state index in [9.17, 15) is 0 Å². The summed E-state index contributed by atoms with van der Waals surface area (Å²) < 4.78 is 10.5. The van der Waals surface area contributed by atoms with Crippen molar-refractivity contribution in [3.05, 3.63) is 24.3 Å². The van der Waals surface area contributed by atoms with E-state index in [-0.39, 0.29) is 0 Å².